The van der Waals surface area contributed by atoms with Gasteiger partial charge in [0.1, 0.15) is 42.7 Å². The number of phosphoric ester groups is 1. The minimum atomic E-state index is -5.03. The molecule has 6 N–H and O–H groups in total. The molecule has 1 rings (SSSR count). The van der Waals surface area contributed by atoms with Crippen LogP contribution in [0.3, 0.4) is 0 Å². The standard InChI is InChI=1S/C51H93O12P/c1-3-5-7-9-11-13-15-17-19-21-23-24-26-28-30-32-34-36-38-40-45(52)62-44(43-61-64(58,59)63-51-49(56)47(54)46(53)48(55)50(51)57)42-60-41-39-37-35-33-31-29-27-25-22-20-18-16-14-12-10-8-6-4-2/h6,8,12,14,18,20,25,27,44,46-51,53-57H,3-5,7,9-11,13,15-17,19,21-24,26,28-43H2,1-2H3,(H,58,59)/b8-6-,14-12-,20-18-,27-25-. The summed E-state index contributed by atoms with van der Waals surface area (Å²) in [6.45, 7) is 4.13. The second-order valence-electron chi connectivity index (χ2n) is 17.6. The van der Waals surface area contributed by atoms with E-state index in [0.717, 1.165) is 83.5 Å². The summed E-state index contributed by atoms with van der Waals surface area (Å²) in [5.41, 5.74) is 0. The number of aliphatic hydroxyl groups excluding tert-OH is 5. The van der Waals surface area contributed by atoms with Crippen LogP contribution in [0.15, 0.2) is 48.6 Å². The lowest BCUT2D eigenvalue weighted by Gasteiger charge is -2.41. The van der Waals surface area contributed by atoms with Crippen LogP contribution in [0.5, 0.6) is 0 Å². The summed E-state index contributed by atoms with van der Waals surface area (Å²) in [5, 5.41) is 50.3. The average molecular weight is 929 g/mol. The van der Waals surface area contributed by atoms with E-state index in [1.165, 1.54) is 96.3 Å². The molecular weight excluding hydrogens is 836 g/mol. The van der Waals surface area contributed by atoms with Gasteiger partial charge in [0, 0.05) is 13.0 Å². The lowest BCUT2D eigenvalue weighted by atomic mass is 9.85. The molecule has 0 heterocycles. The van der Waals surface area contributed by atoms with Crippen LogP contribution in [0.4, 0.5) is 0 Å². The number of allylic oxidation sites excluding steroid dienone is 8. The number of ether oxygens (including phenoxy) is 2. The summed E-state index contributed by atoms with van der Waals surface area (Å²) in [6.07, 6.45) is 38.9. The summed E-state index contributed by atoms with van der Waals surface area (Å²) >= 11 is 0. The zero-order chi connectivity index (χ0) is 46.9. The minimum absolute atomic E-state index is 0.0882. The number of aliphatic hydroxyl groups is 5. The van der Waals surface area contributed by atoms with Gasteiger partial charge in [-0.1, -0.05) is 197 Å². The smallest absolute Gasteiger partial charge is 0.457 e. The van der Waals surface area contributed by atoms with Gasteiger partial charge in [-0.2, -0.15) is 0 Å². The molecule has 1 aliphatic rings. The van der Waals surface area contributed by atoms with Crippen molar-refractivity contribution in [2.75, 3.05) is 19.8 Å². The van der Waals surface area contributed by atoms with Crippen LogP contribution in [0.1, 0.15) is 206 Å². The second-order valence-corrected chi connectivity index (χ2v) is 19.1. The van der Waals surface area contributed by atoms with E-state index in [-0.39, 0.29) is 13.0 Å². The van der Waals surface area contributed by atoms with Crippen molar-refractivity contribution in [3.05, 3.63) is 48.6 Å². The van der Waals surface area contributed by atoms with Gasteiger partial charge in [0.25, 0.3) is 0 Å². The summed E-state index contributed by atoms with van der Waals surface area (Å²) in [4.78, 5) is 23.2. The summed E-state index contributed by atoms with van der Waals surface area (Å²) in [7, 11) is -5.03. The number of unbranched alkanes of at least 4 members (excludes halogenated alkanes) is 23. The molecule has 0 bridgehead atoms. The molecule has 0 radical (unpaired) electrons. The number of carbonyl (C=O) groups excluding carboxylic acids is 1. The first kappa shape index (κ1) is 60.3. The Labute approximate surface area is 388 Å². The maximum Gasteiger partial charge on any atom is 0.472 e. The van der Waals surface area contributed by atoms with E-state index >= 15 is 0 Å². The monoisotopic (exact) mass is 929 g/mol. The normalized spacial score (nSPS) is 22.1. The molecule has 0 aromatic rings. The topological polar surface area (TPSA) is 192 Å². The number of hydrogen-bond donors (Lipinski definition) is 6. The van der Waals surface area contributed by atoms with Gasteiger partial charge in [-0.05, 0) is 51.4 Å². The number of hydrogen-bond acceptors (Lipinski definition) is 11. The van der Waals surface area contributed by atoms with Crippen LogP contribution < -0.4 is 0 Å². The Bertz CT molecular complexity index is 1240. The highest BCUT2D eigenvalue weighted by Crippen LogP contribution is 2.47. The molecule has 0 saturated heterocycles. The number of esters is 1. The fraction of sp³-hybridized carbons (Fsp3) is 0.824. The Balaban J connectivity index is 2.36. The SMILES string of the molecule is CC/C=C\C/C=C\C/C=C\C/C=C\CCCCCCCOCC(COP(=O)(O)OC1C(O)C(O)C(O)C(O)C1O)OC(=O)CCCCCCCCCCCCCCCCCCCCC. The quantitative estimate of drug-likeness (QED) is 0.0147. The third-order valence-corrected chi connectivity index (χ3v) is 12.7. The highest BCUT2D eigenvalue weighted by atomic mass is 31.2. The van der Waals surface area contributed by atoms with Crippen molar-refractivity contribution in [1.29, 1.82) is 0 Å². The van der Waals surface area contributed by atoms with Crippen molar-refractivity contribution in [3.8, 4) is 0 Å². The van der Waals surface area contributed by atoms with Crippen molar-refractivity contribution in [1.82, 2.24) is 0 Å². The molecule has 6 atom stereocenters. The molecule has 1 aliphatic carbocycles. The molecule has 0 aromatic carbocycles. The van der Waals surface area contributed by atoms with Gasteiger partial charge < -0.3 is 39.9 Å². The van der Waals surface area contributed by atoms with Crippen molar-refractivity contribution >= 4 is 13.8 Å². The largest absolute Gasteiger partial charge is 0.472 e. The molecule has 0 aromatic heterocycles. The molecule has 0 amide bonds. The van der Waals surface area contributed by atoms with Crippen LogP contribution >= 0.6 is 7.82 Å². The molecule has 12 nitrogen and oxygen atoms in total. The molecule has 13 heteroatoms. The number of phosphoric acid groups is 1. The van der Waals surface area contributed by atoms with Gasteiger partial charge in [-0.25, -0.2) is 4.57 Å². The van der Waals surface area contributed by atoms with Gasteiger partial charge in [0.05, 0.1) is 13.2 Å². The predicted octanol–water partition coefficient (Wildman–Crippen LogP) is 11.2. The maximum atomic E-state index is 12.8. The molecule has 64 heavy (non-hydrogen) atoms. The predicted molar refractivity (Wildman–Crippen MR) is 258 cm³/mol. The first-order valence-corrected chi connectivity index (χ1v) is 27.0. The zero-order valence-electron chi connectivity index (χ0n) is 40.1. The molecule has 6 unspecified atom stereocenters. The Morgan fingerprint density at radius 2 is 0.922 bits per heavy atom. The lowest BCUT2D eigenvalue weighted by Crippen LogP contribution is -2.64. The fourth-order valence-corrected chi connectivity index (χ4v) is 8.67. The Morgan fingerprint density at radius 3 is 1.41 bits per heavy atom. The van der Waals surface area contributed by atoms with Crippen LogP contribution in [0, 0.1) is 0 Å². The highest BCUT2D eigenvalue weighted by Gasteiger charge is 2.51. The summed E-state index contributed by atoms with van der Waals surface area (Å²) in [5.74, 6) is -0.482. The van der Waals surface area contributed by atoms with Crippen LogP contribution in [-0.4, -0.2) is 98.9 Å². The van der Waals surface area contributed by atoms with Crippen molar-refractivity contribution in [2.24, 2.45) is 0 Å². The number of carbonyl (C=O) groups is 1. The van der Waals surface area contributed by atoms with Gasteiger partial charge >= 0.3 is 13.8 Å². The third kappa shape index (κ3) is 32.9. The lowest BCUT2D eigenvalue weighted by molar-refractivity contribution is -0.220. The molecule has 374 valence electrons. The molecule has 1 saturated carbocycles. The molecular formula is C51H93O12P. The fourth-order valence-electron chi connectivity index (χ4n) is 7.70. The van der Waals surface area contributed by atoms with E-state index in [1.807, 2.05) is 0 Å². The first-order valence-electron chi connectivity index (χ1n) is 25.5. The van der Waals surface area contributed by atoms with Crippen LogP contribution in [-0.2, 0) is 27.9 Å². The number of rotatable bonds is 43. The van der Waals surface area contributed by atoms with E-state index in [9.17, 15) is 39.8 Å². The molecule has 0 aliphatic heterocycles. The Hall–Kier alpha value is -1.70. The third-order valence-electron chi connectivity index (χ3n) is 11.7. The van der Waals surface area contributed by atoms with Crippen molar-refractivity contribution < 1.29 is 58.3 Å². The summed E-state index contributed by atoms with van der Waals surface area (Å²) in [6, 6.07) is 0. The van der Waals surface area contributed by atoms with E-state index in [2.05, 4.69) is 62.5 Å². The first-order chi connectivity index (χ1) is 31.0. The highest BCUT2D eigenvalue weighted by molar-refractivity contribution is 7.47. The molecule has 1 fully saturated rings. The van der Waals surface area contributed by atoms with Crippen LogP contribution in [0.2, 0.25) is 0 Å². The van der Waals surface area contributed by atoms with E-state index in [4.69, 9.17) is 18.5 Å². The van der Waals surface area contributed by atoms with Gasteiger partial charge in [0.15, 0.2) is 0 Å². The second kappa shape index (κ2) is 41.5. The average Bonchev–Trinajstić information content (AvgIpc) is 3.28. The minimum Gasteiger partial charge on any atom is -0.457 e. The van der Waals surface area contributed by atoms with Gasteiger partial charge in [-0.3, -0.25) is 13.8 Å². The van der Waals surface area contributed by atoms with Crippen molar-refractivity contribution in [3.63, 3.8) is 0 Å². The molecule has 0 spiro atoms. The maximum absolute atomic E-state index is 12.8. The van der Waals surface area contributed by atoms with Gasteiger partial charge in [0.2, 0.25) is 0 Å². The van der Waals surface area contributed by atoms with Gasteiger partial charge in [-0.15, -0.1) is 0 Å². The zero-order valence-corrected chi connectivity index (χ0v) is 41.0. The van der Waals surface area contributed by atoms with E-state index < -0.39 is 63.1 Å². The summed E-state index contributed by atoms with van der Waals surface area (Å²) < 4.78 is 34.3. The van der Waals surface area contributed by atoms with E-state index in [0.29, 0.717) is 13.0 Å². The Morgan fingerprint density at radius 1 is 0.516 bits per heavy atom. The van der Waals surface area contributed by atoms with Crippen molar-refractivity contribution in [2.45, 2.75) is 249 Å². The van der Waals surface area contributed by atoms with Crippen LogP contribution in [0.25, 0.3) is 0 Å². The Kier molecular flexibility index (Phi) is 39.1. The van der Waals surface area contributed by atoms with E-state index in [1.54, 1.807) is 0 Å².